The SMILES string of the molecule is COc1ccc(S(=O)(=O)N2CCC3(CC2)C[C@@H](NCC(O)COc2cccc(S(=O)(=O)C4(CO)CC4)c2)CO3)cc1-c1ccc(C2(N)CC2)cc1. The molecule has 1 spiro atoms. The van der Waals surface area contributed by atoms with Crippen molar-refractivity contribution in [1.29, 1.82) is 0 Å². The molecule has 2 atom stereocenters. The zero-order valence-electron chi connectivity index (χ0n) is 28.8. The van der Waals surface area contributed by atoms with Crippen LogP contribution in [0.5, 0.6) is 11.5 Å². The van der Waals surface area contributed by atoms with Gasteiger partial charge in [0.2, 0.25) is 10.0 Å². The van der Waals surface area contributed by atoms with E-state index >= 15 is 0 Å². The van der Waals surface area contributed by atoms with Crippen molar-refractivity contribution in [2.75, 3.05) is 46.6 Å². The molecule has 14 heteroatoms. The van der Waals surface area contributed by atoms with E-state index in [1.165, 1.54) is 16.4 Å². The van der Waals surface area contributed by atoms with Crippen LogP contribution in [0.3, 0.4) is 0 Å². The van der Waals surface area contributed by atoms with Crippen molar-refractivity contribution in [3.05, 3.63) is 72.3 Å². The normalized spacial score (nSPS) is 22.8. The lowest BCUT2D eigenvalue weighted by molar-refractivity contribution is -0.0312. The highest BCUT2D eigenvalue weighted by Gasteiger charge is 2.54. The number of rotatable bonds is 14. The second-order valence-electron chi connectivity index (χ2n) is 14.6. The third kappa shape index (κ3) is 7.17. The summed E-state index contributed by atoms with van der Waals surface area (Å²) in [6, 6.07) is 19.0. The zero-order chi connectivity index (χ0) is 36.1. The molecule has 0 bridgehead atoms. The number of nitrogens with zero attached hydrogens (tertiary/aromatic N) is 1. The Hall–Kier alpha value is -3.08. The number of benzene rings is 3. The summed E-state index contributed by atoms with van der Waals surface area (Å²) in [6.07, 6.45) is 3.73. The number of methoxy groups -OCH3 is 1. The first kappa shape index (κ1) is 36.3. The first-order valence-corrected chi connectivity index (χ1v) is 20.5. The molecule has 7 rings (SSSR count). The van der Waals surface area contributed by atoms with E-state index in [1.807, 2.05) is 24.3 Å². The van der Waals surface area contributed by atoms with E-state index in [4.69, 9.17) is 19.9 Å². The number of nitrogens with two attached hydrogens (primary N) is 1. The molecule has 2 aliphatic carbocycles. The van der Waals surface area contributed by atoms with Crippen LogP contribution in [0.15, 0.2) is 76.5 Å². The molecule has 51 heavy (non-hydrogen) atoms. The molecule has 4 aliphatic rings. The fourth-order valence-electron chi connectivity index (χ4n) is 7.27. The van der Waals surface area contributed by atoms with Gasteiger partial charge in [0.15, 0.2) is 9.84 Å². The summed E-state index contributed by atoms with van der Waals surface area (Å²) in [6.45, 7) is 0.888. The minimum absolute atomic E-state index is 0.0194. The Kier molecular flexibility index (Phi) is 9.76. The molecule has 276 valence electrons. The van der Waals surface area contributed by atoms with Crippen molar-refractivity contribution >= 4 is 19.9 Å². The van der Waals surface area contributed by atoms with Crippen molar-refractivity contribution in [3.8, 4) is 22.6 Å². The molecule has 2 saturated carbocycles. The first-order valence-electron chi connectivity index (χ1n) is 17.5. The molecular weight excluding hydrogens is 695 g/mol. The van der Waals surface area contributed by atoms with E-state index in [0.717, 1.165) is 24.0 Å². The van der Waals surface area contributed by atoms with E-state index < -0.39 is 42.9 Å². The number of nitrogens with one attached hydrogen (secondary N) is 1. The summed E-state index contributed by atoms with van der Waals surface area (Å²) in [7, 11) is -5.88. The summed E-state index contributed by atoms with van der Waals surface area (Å²) >= 11 is 0. The van der Waals surface area contributed by atoms with Crippen LogP contribution in [0.4, 0.5) is 0 Å². The van der Waals surface area contributed by atoms with Crippen LogP contribution in [-0.2, 0) is 30.1 Å². The largest absolute Gasteiger partial charge is 0.496 e. The molecule has 2 heterocycles. The number of piperidine rings is 1. The van der Waals surface area contributed by atoms with Gasteiger partial charge in [-0.05, 0) is 92.5 Å². The number of sulfonamides is 1. The smallest absolute Gasteiger partial charge is 0.243 e. The molecule has 3 aromatic rings. The molecule has 2 saturated heterocycles. The van der Waals surface area contributed by atoms with Gasteiger partial charge in [-0.1, -0.05) is 30.3 Å². The number of aliphatic hydroxyl groups is 2. The zero-order valence-corrected chi connectivity index (χ0v) is 30.4. The van der Waals surface area contributed by atoms with Crippen molar-refractivity contribution in [3.63, 3.8) is 0 Å². The van der Waals surface area contributed by atoms with Gasteiger partial charge in [-0.2, -0.15) is 4.31 Å². The Morgan fingerprint density at radius 2 is 1.69 bits per heavy atom. The minimum atomic E-state index is -3.77. The number of sulfone groups is 1. The summed E-state index contributed by atoms with van der Waals surface area (Å²) in [5, 5.41) is 23.6. The highest BCUT2D eigenvalue weighted by atomic mass is 32.2. The first-order chi connectivity index (χ1) is 24.3. The van der Waals surface area contributed by atoms with Crippen LogP contribution >= 0.6 is 0 Å². The van der Waals surface area contributed by atoms with Gasteiger partial charge >= 0.3 is 0 Å². The van der Waals surface area contributed by atoms with Crippen LogP contribution in [-0.4, -0.2) is 100 Å². The van der Waals surface area contributed by atoms with E-state index in [9.17, 15) is 27.0 Å². The average molecular weight is 742 g/mol. The van der Waals surface area contributed by atoms with Crippen molar-refractivity contribution in [2.24, 2.45) is 5.73 Å². The maximum absolute atomic E-state index is 13.8. The van der Waals surface area contributed by atoms with Crippen LogP contribution in [0, 0.1) is 0 Å². The van der Waals surface area contributed by atoms with Gasteiger partial charge in [0.25, 0.3) is 0 Å². The number of ether oxygens (including phenoxy) is 3. The number of hydrogen-bond acceptors (Lipinski definition) is 11. The molecule has 1 unspecified atom stereocenters. The Morgan fingerprint density at radius 1 is 0.961 bits per heavy atom. The number of hydrogen-bond donors (Lipinski definition) is 4. The van der Waals surface area contributed by atoms with Gasteiger partial charge in [-0.25, -0.2) is 16.8 Å². The summed E-state index contributed by atoms with van der Waals surface area (Å²) in [5.74, 6) is 0.917. The topological polar surface area (TPSA) is 178 Å². The third-order valence-electron chi connectivity index (χ3n) is 11.1. The van der Waals surface area contributed by atoms with Crippen LogP contribution in [0.25, 0.3) is 11.1 Å². The van der Waals surface area contributed by atoms with E-state index in [-0.39, 0.29) is 34.5 Å². The molecule has 0 amide bonds. The molecule has 3 aromatic carbocycles. The molecule has 2 aliphatic heterocycles. The van der Waals surface area contributed by atoms with Crippen molar-refractivity contribution in [2.45, 2.75) is 82.8 Å². The van der Waals surface area contributed by atoms with Gasteiger partial charge in [0.05, 0.1) is 40.5 Å². The minimum Gasteiger partial charge on any atom is -0.496 e. The van der Waals surface area contributed by atoms with Crippen LogP contribution in [0.1, 0.15) is 50.5 Å². The quantitative estimate of drug-likeness (QED) is 0.191. The average Bonchev–Trinajstić information content (AvgIpc) is 4.08. The maximum Gasteiger partial charge on any atom is 0.243 e. The highest BCUT2D eigenvalue weighted by molar-refractivity contribution is 7.93. The third-order valence-corrected chi connectivity index (χ3v) is 15.5. The van der Waals surface area contributed by atoms with E-state index in [0.29, 0.717) is 68.9 Å². The van der Waals surface area contributed by atoms with Gasteiger partial charge in [-0.3, -0.25) is 0 Å². The summed E-state index contributed by atoms with van der Waals surface area (Å²) in [5.41, 5.74) is 8.29. The van der Waals surface area contributed by atoms with Crippen molar-refractivity contribution in [1.82, 2.24) is 9.62 Å². The second kappa shape index (κ2) is 13.7. The molecule has 0 aromatic heterocycles. The standard InChI is InChI=1S/C37H47N3O9S2/c1-47-34-10-9-32(20-33(34)26-5-7-27(8-6-26)37(38)13-14-37)51(45,46)40-17-15-35(16-18-40)21-28(23-49-35)39-22-29(42)24-48-30-3-2-4-31(19-30)50(43,44)36(25-41)11-12-36/h2-10,19-20,28-29,39,41-42H,11-18,21-25,38H2,1H3/t28-,29?/m1/s1. The molecule has 4 fully saturated rings. The van der Waals surface area contributed by atoms with Crippen LogP contribution in [0.2, 0.25) is 0 Å². The second-order valence-corrected chi connectivity index (χ2v) is 18.9. The summed E-state index contributed by atoms with van der Waals surface area (Å²) < 4.78 is 71.5. The molecular formula is C37H47N3O9S2. The predicted octanol–water partition coefficient (Wildman–Crippen LogP) is 2.95. The lowest BCUT2D eigenvalue weighted by Crippen LogP contribution is -2.47. The molecule has 12 nitrogen and oxygen atoms in total. The summed E-state index contributed by atoms with van der Waals surface area (Å²) in [4.78, 5) is 0.310. The molecule has 5 N–H and O–H groups in total. The Balaban J connectivity index is 0.906. The van der Waals surface area contributed by atoms with E-state index in [2.05, 4.69) is 5.32 Å². The lowest BCUT2D eigenvalue weighted by atomic mass is 9.88. The predicted molar refractivity (Wildman–Crippen MR) is 191 cm³/mol. The maximum atomic E-state index is 13.8. The van der Waals surface area contributed by atoms with Gasteiger partial charge < -0.3 is 35.5 Å². The van der Waals surface area contributed by atoms with Gasteiger partial charge in [0, 0.05) is 36.8 Å². The fourth-order valence-corrected chi connectivity index (χ4v) is 10.6. The lowest BCUT2D eigenvalue weighted by Gasteiger charge is -2.38. The number of aliphatic hydroxyl groups excluding tert-OH is 2. The van der Waals surface area contributed by atoms with Crippen LogP contribution < -0.4 is 20.5 Å². The highest BCUT2D eigenvalue weighted by Crippen LogP contribution is 2.47. The Bertz CT molecular complexity index is 1950. The van der Waals surface area contributed by atoms with Crippen molar-refractivity contribution < 1.29 is 41.3 Å². The monoisotopic (exact) mass is 741 g/mol. The molecule has 0 radical (unpaired) electrons. The fraction of sp³-hybridized carbons (Fsp3) is 0.514. The van der Waals surface area contributed by atoms with Gasteiger partial charge in [0.1, 0.15) is 24.2 Å². The van der Waals surface area contributed by atoms with E-state index in [1.54, 1.807) is 37.4 Å². The Labute approximate surface area is 299 Å². The Morgan fingerprint density at radius 3 is 2.33 bits per heavy atom. The van der Waals surface area contributed by atoms with Gasteiger partial charge in [-0.15, -0.1) is 0 Å².